The first kappa shape index (κ1) is 22.7. The van der Waals surface area contributed by atoms with Crippen LogP contribution in [0.2, 0.25) is 0 Å². The highest BCUT2D eigenvalue weighted by molar-refractivity contribution is 14.0. The van der Waals surface area contributed by atoms with Crippen LogP contribution in [0.1, 0.15) is 18.4 Å². The van der Waals surface area contributed by atoms with Gasteiger partial charge in [-0.1, -0.05) is 6.07 Å². The Morgan fingerprint density at radius 2 is 2.07 bits per heavy atom. The molecule has 0 saturated carbocycles. The number of pyridine rings is 1. The van der Waals surface area contributed by atoms with E-state index >= 15 is 0 Å². The van der Waals surface area contributed by atoms with Gasteiger partial charge in [0.05, 0.1) is 0 Å². The van der Waals surface area contributed by atoms with Crippen molar-refractivity contribution >= 4 is 47.5 Å². The highest BCUT2D eigenvalue weighted by Crippen LogP contribution is 2.21. The quantitative estimate of drug-likeness (QED) is 0.274. The number of aliphatic imine (C=N–C) groups is 1. The fraction of sp³-hybridized carbons (Fsp3) is 0.400. The predicted molar refractivity (Wildman–Crippen MR) is 126 cm³/mol. The van der Waals surface area contributed by atoms with E-state index in [4.69, 9.17) is 0 Å². The summed E-state index contributed by atoms with van der Waals surface area (Å²) in [6.07, 6.45) is 5.88. The van der Waals surface area contributed by atoms with Gasteiger partial charge in [-0.05, 0) is 55.0 Å². The summed E-state index contributed by atoms with van der Waals surface area (Å²) >= 11 is 1.62. The van der Waals surface area contributed by atoms with Crippen LogP contribution in [0.15, 0.2) is 52.5 Å². The van der Waals surface area contributed by atoms with Crippen molar-refractivity contribution in [3.63, 3.8) is 0 Å². The highest BCUT2D eigenvalue weighted by Gasteiger charge is 2.20. The van der Waals surface area contributed by atoms with E-state index in [0.717, 1.165) is 48.2 Å². The molecular weight excluding hydrogens is 488 g/mol. The van der Waals surface area contributed by atoms with Crippen molar-refractivity contribution in [3.05, 3.63) is 54.0 Å². The molecule has 1 aliphatic heterocycles. The Labute approximate surface area is 187 Å². The van der Waals surface area contributed by atoms with Crippen molar-refractivity contribution < 1.29 is 4.39 Å². The van der Waals surface area contributed by atoms with Gasteiger partial charge in [0.2, 0.25) is 0 Å². The second-order valence-corrected chi connectivity index (χ2v) is 7.32. The lowest BCUT2D eigenvalue weighted by molar-refractivity contribution is 0.459. The van der Waals surface area contributed by atoms with Crippen LogP contribution >= 0.6 is 35.7 Å². The third-order valence-electron chi connectivity index (χ3n) is 4.72. The zero-order chi connectivity index (χ0) is 19.1. The van der Waals surface area contributed by atoms with E-state index in [0.29, 0.717) is 12.6 Å². The Balaban J connectivity index is 0.00000280. The molecule has 1 aromatic heterocycles. The van der Waals surface area contributed by atoms with Crippen LogP contribution in [-0.2, 0) is 6.54 Å². The number of nitrogens with zero attached hydrogens (tertiary/aromatic N) is 3. The van der Waals surface area contributed by atoms with E-state index < -0.39 is 0 Å². The lowest BCUT2D eigenvalue weighted by atomic mass is 10.1. The smallest absolute Gasteiger partial charge is 0.191 e. The largest absolute Gasteiger partial charge is 0.356 e. The number of rotatable bonds is 5. The molecule has 1 aromatic carbocycles. The number of guanidine groups is 1. The molecule has 0 amide bonds. The maximum atomic E-state index is 13.5. The second-order valence-electron chi connectivity index (χ2n) is 6.48. The summed E-state index contributed by atoms with van der Waals surface area (Å²) < 4.78 is 13.5. The standard InChI is InChI=1S/C20H26FN5S.HI/c1-22-20(24-14-15-13-16(21)6-7-18(15)27-2)25-17-8-11-26(12-9-17)19-5-3-4-10-23-19;/h3-7,10,13,17H,8-9,11-12,14H2,1-2H3,(H2,22,24,25);1H. The molecular formula is C20H27FIN5S. The molecule has 5 nitrogen and oxygen atoms in total. The Morgan fingerprint density at radius 3 is 2.71 bits per heavy atom. The Morgan fingerprint density at radius 1 is 1.29 bits per heavy atom. The summed E-state index contributed by atoms with van der Waals surface area (Å²) in [4.78, 5) is 12.1. The first-order valence-corrected chi connectivity index (χ1v) is 10.4. The third-order valence-corrected chi connectivity index (χ3v) is 5.56. The molecule has 2 heterocycles. The minimum absolute atomic E-state index is 0. The number of hydrogen-bond donors (Lipinski definition) is 2. The van der Waals surface area contributed by atoms with Gasteiger partial charge in [-0.2, -0.15) is 0 Å². The van der Waals surface area contributed by atoms with Crippen molar-refractivity contribution in [2.24, 2.45) is 4.99 Å². The van der Waals surface area contributed by atoms with Gasteiger partial charge in [0.15, 0.2) is 5.96 Å². The highest BCUT2D eigenvalue weighted by atomic mass is 127. The monoisotopic (exact) mass is 515 g/mol. The summed E-state index contributed by atoms with van der Waals surface area (Å²) in [6.45, 7) is 2.47. The molecule has 0 unspecified atom stereocenters. The fourth-order valence-corrected chi connectivity index (χ4v) is 3.84. The number of hydrogen-bond acceptors (Lipinski definition) is 4. The maximum Gasteiger partial charge on any atom is 0.191 e. The third kappa shape index (κ3) is 6.23. The lowest BCUT2D eigenvalue weighted by Crippen LogP contribution is -2.48. The molecule has 1 fully saturated rings. The zero-order valence-corrected chi connectivity index (χ0v) is 19.3. The van der Waals surface area contributed by atoms with Crippen LogP contribution < -0.4 is 15.5 Å². The van der Waals surface area contributed by atoms with Crippen LogP contribution in [0.25, 0.3) is 0 Å². The van der Waals surface area contributed by atoms with Crippen LogP contribution in [0.4, 0.5) is 10.2 Å². The number of thioether (sulfide) groups is 1. The first-order chi connectivity index (χ1) is 13.2. The Bertz CT molecular complexity index is 766. The van der Waals surface area contributed by atoms with E-state index in [1.54, 1.807) is 24.9 Å². The summed E-state index contributed by atoms with van der Waals surface area (Å²) in [7, 11) is 1.76. The molecule has 2 N–H and O–H groups in total. The minimum atomic E-state index is -0.213. The number of halogens is 2. The Kier molecular flexibility index (Phi) is 9.30. The molecule has 0 aliphatic carbocycles. The van der Waals surface area contributed by atoms with Crippen molar-refractivity contribution in [2.45, 2.75) is 30.3 Å². The molecule has 1 aliphatic rings. The average Bonchev–Trinajstić information content (AvgIpc) is 2.72. The van der Waals surface area contributed by atoms with Crippen molar-refractivity contribution in [3.8, 4) is 0 Å². The first-order valence-electron chi connectivity index (χ1n) is 9.15. The van der Waals surface area contributed by atoms with Crippen LogP contribution in [-0.4, -0.2) is 43.4 Å². The van der Waals surface area contributed by atoms with Gasteiger partial charge in [0.1, 0.15) is 11.6 Å². The van der Waals surface area contributed by atoms with Gasteiger partial charge in [-0.15, -0.1) is 35.7 Å². The molecule has 0 bridgehead atoms. The SMILES string of the molecule is CN=C(NCc1cc(F)ccc1SC)NC1CCN(c2ccccn2)CC1.I. The van der Waals surface area contributed by atoms with Gasteiger partial charge in [-0.3, -0.25) is 4.99 Å². The number of benzene rings is 1. The van der Waals surface area contributed by atoms with Crippen LogP contribution in [0.5, 0.6) is 0 Å². The molecule has 3 rings (SSSR count). The molecule has 0 atom stereocenters. The zero-order valence-electron chi connectivity index (χ0n) is 16.2. The molecule has 152 valence electrons. The normalized spacial score (nSPS) is 15.1. The van der Waals surface area contributed by atoms with Crippen LogP contribution in [0.3, 0.4) is 0 Å². The fourth-order valence-electron chi connectivity index (χ4n) is 3.25. The van der Waals surface area contributed by atoms with Gasteiger partial charge in [0.25, 0.3) is 0 Å². The molecule has 0 spiro atoms. The molecule has 0 radical (unpaired) electrons. The van der Waals surface area contributed by atoms with E-state index in [1.165, 1.54) is 6.07 Å². The number of aromatic nitrogens is 1. The van der Waals surface area contributed by atoms with Crippen LogP contribution in [0, 0.1) is 5.82 Å². The summed E-state index contributed by atoms with van der Waals surface area (Å²) in [6, 6.07) is 11.3. The molecule has 2 aromatic rings. The summed E-state index contributed by atoms with van der Waals surface area (Å²) in [5.74, 6) is 1.58. The van der Waals surface area contributed by atoms with E-state index in [-0.39, 0.29) is 29.8 Å². The number of anilines is 1. The van der Waals surface area contributed by atoms with E-state index in [9.17, 15) is 4.39 Å². The van der Waals surface area contributed by atoms with E-state index in [2.05, 4.69) is 31.6 Å². The molecule has 8 heteroatoms. The summed E-state index contributed by atoms with van der Waals surface area (Å²) in [5.41, 5.74) is 0.940. The second kappa shape index (κ2) is 11.5. The van der Waals surface area contributed by atoms with Crippen molar-refractivity contribution in [1.82, 2.24) is 15.6 Å². The number of nitrogens with one attached hydrogen (secondary N) is 2. The minimum Gasteiger partial charge on any atom is -0.356 e. The molecule has 28 heavy (non-hydrogen) atoms. The van der Waals surface area contributed by atoms with Crippen molar-refractivity contribution in [1.29, 1.82) is 0 Å². The van der Waals surface area contributed by atoms with Gasteiger partial charge in [-0.25, -0.2) is 9.37 Å². The van der Waals surface area contributed by atoms with Crippen molar-refractivity contribution in [2.75, 3.05) is 31.3 Å². The number of piperidine rings is 1. The lowest BCUT2D eigenvalue weighted by Gasteiger charge is -2.33. The Hall–Kier alpha value is -1.55. The van der Waals surface area contributed by atoms with Gasteiger partial charge in [0, 0.05) is 43.8 Å². The predicted octanol–water partition coefficient (Wildman–Crippen LogP) is 3.89. The maximum absolute atomic E-state index is 13.5. The molecule has 1 saturated heterocycles. The van der Waals surface area contributed by atoms with Gasteiger partial charge < -0.3 is 15.5 Å². The average molecular weight is 515 g/mol. The van der Waals surface area contributed by atoms with E-state index in [1.807, 2.05) is 30.7 Å². The van der Waals surface area contributed by atoms with Gasteiger partial charge >= 0.3 is 0 Å². The topological polar surface area (TPSA) is 52.6 Å². The summed E-state index contributed by atoms with van der Waals surface area (Å²) in [5, 5.41) is 6.80.